The largest absolute Gasteiger partial charge is 0.481 e. The lowest BCUT2D eigenvalue weighted by Crippen LogP contribution is -2.25. The van der Waals surface area contributed by atoms with E-state index in [1.54, 1.807) is 39.8 Å². The van der Waals surface area contributed by atoms with Crippen molar-refractivity contribution < 1.29 is 19.1 Å². The number of Topliss-reactive ketones (excluding diaryl/α,β-unsaturated/α-hetero) is 1. The average molecular weight is 375 g/mol. The maximum absolute atomic E-state index is 12.7. The number of H-pyrrole nitrogens is 1. The number of nitriles is 1. The van der Waals surface area contributed by atoms with Crippen LogP contribution in [0.4, 0.5) is 0 Å². The number of carbonyl (C=O) groups excluding carboxylic acids is 2. The minimum Gasteiger partial charge on any atom is -0.481 e. The van der Waals surface area contributed by atoms with Gasteiger partial charge in [0.25, 0.3) is 0 Å². The molecular formula is C19H19ClN2O4. The van der Waals surface area contributed by atoms with Crippen LogP contribution in [0.2, 0.25) is 5.02 Å². The van der Waals surface area contributed by atoms with Crippen molar-refractivity contribution in [1.82, 2.24) is 4.98 Å². The molecule has 1 aromatic heterocycles. The molecule has 0 bridgehead atoms. The number of benzene rings is 1. The fourth-order valence-electron chi connectivity index (χ4n) is 2.62. The second-order valence-electron chi connectivity index (χ2n) is 5.73. The third kappa shape index (κ3) is 3.89. The monoisotopic (exact) mass is 374 g/mol. The maximum Gasteiger partial charge on any atom is 0.340 e. The van der Waals surface area contributed by atoms with Gasteiger partial charge < -0.3 is 14.5 Å². The molecule has 0 aliphatic rings. The first kappa shape index (κ1) is 19.5. The number of aromatic amines is 1. The lowest BCUT2D eigenvalue weighted by atomic mass is 10.1. The summed E-state index contributed by atoms with van der Waals surface area (Å²) in [5.41, 5.74) is 2.14. The minimum absolute atomic E-state index is 0.246. The summed E-state index contributed by atoms with van der Waals surface area (Å²) in [6.07, 6.45) is -0.841. The Kier molecular flexibility index (Phi) is 6.06. The average Bonchev–Trinajstić information content (AvgIpc) is 2.90. The first-order valence-corrected chi connectivity index (χ1v) is 8.44. The molecule has 0 saturated carbocycles. The molecule has 1 aromatic carbocycles. The van der Waals surface area contributed by atoms with Crippen LogP contribution in [0, 0.1) is 25.2 Å². The molecule has 2 rings (SSSR count). The minimum atomic E-state index is -0.841. The number of nitrogens with one attached hydrogen (secondary N) is 1. The van der Waals surface area contributed by atoms with Gasteiger partial charge in [-0.1, -0.05) is 11.6 Å². The Morgan fingerprint density at radius 3 is 2.62 bits per heavy atom. The Morgan fingerprint density at radius 1 is 1.35 bits per heavy atom. The first-order chi connectivity index (χ1) is 12.3. The number of nitrogens with zero attached hydrogens (tertiary/aromatic N) is 1. The number of hydrogen-bond donors (Lipinski definition) is 1. The van der Waals surface area contributed by atoms with E-state index >= 15 is 0 Å². The normalized spacial score (nSPS) is 11.5. The smallest absolute Gasteiger partial charge is 0.340 e. The quantitative estimate of drug-likeness (QED) is 0.609. The van der Waals surface area contributed by atoms with Crippen molar-refractivity contribution in [3.8, 4) is 11.8 Å². The highest BCUT2D eigenvalue weighted by Gasteiger charge is 2.27. The summed E-state index contributed by atoms with van der Waals surface area (Å²) in [5, 5.41) is 9.11. The van der Waals surface area contributed by atoms with E-state index in [4.69, 9.17) is 26.3 Å². The number of hydrogen-bond acceptors (Lipinski definition) is 5. The summed E-state index contributed by atoms with van der Waals surface area (Å²) in [5.74, 6) is -0.485. The van der Waals surface area contributed by atoms with Crippen molar-refractivity contribution in [3.63, 3.8) is 0 Å². The second-order valence-corrected chi connectivity index (χ2v) is 6.13. The zero-order valence-electron chi connectivity index (χ0n) is 15.0. The third-order valence-electron chi connectivity index (χ3n) is 3.90. The highest BCUT2D eigenvalue weighted by Crippen LogP contribution is 2.27. The Bertz CT molecular complexity index is 896. The summed E-state index contributed by atoms with van der Waals surface area (Å²) >= 11 is 6.08. The first-order valence-electron chi connectivity index (χ1n) is 8.06. The van der Waals surface area contributed by atoms with Crippen molar-refractivity contribution in [1.29, 1.82) is 5.26 Å². The zero-order chi connectivity index (χ0) is 19.4. The Balaban J connectivity index is 2.25. The standard InChI is InChI=1S/C19H19ClN2O4/c1-5-25-19(24)16-10(2)17(22-11(16)3)18(23)12(4)26-15-7-6-13(9-21)8-14(15)20/h6-8,12,22H,5H2,1-4H3/t12-/m0/s1. The molecule has 6 nitrogen and oxygen atoms in total. The predicted molar refractivity (Wildman–Crippen MR) is 96.8 cm³/mol. The number of rotatable bonds is 6. The molecule has 136 valence electrons. The third-order valence-corrected chi connectivity index (χ3v) is 4.19. The van der Waals surface area contributed by atoms with Crippen molar-refractivity contribution in [2.24, 2.45) is 0 Å². The van der Waals surface area contributed by atoms with Crippen LogP contribution in [0.3, 0.4) is 0 Å². The van der Waals surface area contributed by atoms with Crippen LogP contribution in [0.1, 0.15) is 51.5 Å². The van der Waals surface area contributed by atoms with Gasteiger partial charge in [0.15, 0.2) is 6.10 Å². The van der Waals surface area contributed by atoms with Gasteiger partial charge in [-0.3, -0.25) is 4.79 Å². The van der Waals surface area contributed by atoms with Gasteiger partial charge in [-0.25, -0.2) is 4.79 Å². The summed E-state index contributed by atoms with van der Waals surface area (Å²) in [6.45, 7) is 6.96. The number of ether oxygens (including phenoxy) is 2. The summed E-state index contributed by atoms with van der Waals surface area (Å²) in [7, 11) is 0. The van der Waals surface area contributed by atoms with Crippen LogP contribution in [-0.4, -0.2) is 29.4 Å². The number of aromatic nitrogens is 1. The van der Waals surface area contributed by atoms with Gasteiger partial charge >= 0.3 is 5.97 Å². The fraction of sp³-hybridized carbons (Fsp3) is 0.316. The number of ketones is 1. The highest BCUT2D eigenvalue weighted by molar-refractivity contribution is 6.32. The lowest BCUT2D eigenvalue weighted by Gasteiger charge is -2.15. The van der Waals surface area contributed by atoms with E-state index in [0.29, 0.717) is 33.8 Å². The van der Waals surface area contributed by atoms with Gasteiger partial charge in [0.1, 0.15) is 5.75 Å². The van der Waals surface area contributed by atoms with Crippen LogP contribution < -0.4 is 4.74 Å². The highest BCUT2D eigenvalue weighted by atomic mass is 35.5. The maximum atomic E-state index is 12.7. The van der Waals surface area contributed by atoms with Gasteiger partial charge in [-0.05, 0) is 51.5 Å². The van der Waals surface area contributed by atoms with Gasteiger partial charge in [-0.15, -0.1) is 0 Å². The SMILES string of the molecule is CCOC(=O)c1c(C)[nH]c(C(=O)[C@H](C)Oc2ccc(C#N)cc2Cl)c1C. The Labute approximate surface area is 156 Å². The molecule has 26 heavy (non-hydrogen) atoms. The van der Waals surface area contributed by atoms with Gasteiger partial charge in [0.05, 0.1) is 34.5 Å². The van der Waals surface area contributed by atoms with Crippen LogP contribution in [-0.2, 0) is 4.74 Å². The molecule has 1 atom stereocenters. The summed E-state index contributed by atoms with van der Waals surface area (Å²) in [6, 6.07) is 6.55. The zero-order valence-corrected chi connectivity index (χ0v) is 15.7. The van der Waals surface area contributed by atoms with Crippen LogP contribution in [0.25, 0.3) is 0 Å². The van der Waals surface area contributed by atoms with Crippen LogP contribution in [0.15, 0.2) is 18.2 Å². The van der Waals surface area contributed by atoms with Gasteiger partial charge in [0.2, 0.25) is 5.78 Å². The topological polar surface area (TPSA) is 92.2 Å². The molecule has 7 heteroatoms. The Morgan fingerprint density at radius 2 is 2.04 bits per heavy atom. The van der Waals surface area contributed by atoms with E-state index in [2.05, 4.69) is 4.98 Å². The van der Waals surface area contributed by atoms with E-state index in [0.717, 1.165) is 0 Å². The van der Waals surface area contributed by atoms with Crippen molar-refractivity contribution >= 4 is 23.4 Å². The number of halogens is 1. The van der Waals surface area contributed by atoms with E-state index in [1.165, 1.54) is 6.07 Å². The molecule has 0 aliphatic carbocycles. The summed E-state index contributed by atoms with van der Waals surface area (Å²) in [4.78, 5) is 27.8. The molecule has 1 N–H and O–H groups in total. The number of carbonyl (C=O) groups is 2. The number of aryl methyl sites for hydroxylation is 1. The van der Waals surface area contributed by atoms with Crippen molar-refractivity contribution in [3.05, 3.63) is 51.3 Å². The molecule has 0 radical (unpaired) electrons. The van der Waals surface area contributed by atoms with Gasteiger partial charge in [-0.2, -0.15) is 5.26 Å². The van der Waals surface area contributed by atoms with Crippen LogP contribution >= 0.6 is 11.6 Å². The predicted octanol–water partition coefficient (Wildman–Crippen LogP) is 3.98. The summed E-state index contributed by atoms with van der Waals surface area (Å²) < 4.78 is 10.7. The van der Waals surface area contributed by atoms with Crippen molar-refractivity contribution in [2.45, 2.75) is 33.8 Å². The molecule has 2 aromatic rings. The van der Waals surface area contributed by atoms with Crippen molar-refractivity contribution in [2.75, 3.05) is 6.61 Å². The van der Waals surface area contributed by atoms with Crippen LogP contribution in [0.5, 0.6) is 5.75 Å². The molecular weight excluding hydrogens is 356 g/mol. The molecule has 0 spiro atoms. The molecule has 0 amide bonds. The second kappa shape index (κ2) is 8.07. The molecule has 0 unspecified atom stereocenters. The van der Waals surface area contributed by atoms with E-state index in [1.807, 2.05) is 6.07 Å². The number of esters is 1. The van der Waals surface area contributed by atoms with E-state index in [9.17, 15) is 9.59 Å². The molecule has 0 saturated heterocycles. The van der Waals surface area contributed by atoms with E-state index < -0.39 is 12.1 Å². The van der Waals surface area contributed by atoms with E-state index in [-0.39, 0.29) is 17.4 Å². The Hall–Kier alpha value is -2.78. The lowest BCUT2D eigenvalue weighted by molar-refractivity contribution is 0.0525. The fourth-order valence-corrected chi connectivity index (χ4v) is 2.84. The molecule has 0 aliphatic heterocycles. The molecule has 0 fully saturated rings. The van der Waals surface area contributed by atoms with Gasteiger partial charge in [0, 0.05) is 5.69 Å². The molecule has 1 heterocycles.